The predicted molar refractivity (Wildman–Crippen MR) is 102 cm³/mol. The lowest BCUT2D eigenvalue weighted by Crippen LogP contribution is -2.32. The van der Waals surface area contributed by atoms with Crippen molar-refractivity contribution in [3.63, 3.8) is 0 Å². The van der Waals surface area contributed by atoms with Gasteiger partial charge in [-0.2, -0.15) is 0 Å². The molecule has 2 aliphatic heterocycles. The molecule has 2 aromatic carbocycles. The van der Waals surface area contributed by atoms with Gasteiger partial charge in [0.05, 0.1) is 11.3 Å². The van der Waals surface area contributed by atoms with E-state index < -0.39 is 5.82 Å². The minimum Gasteiger partial charge on any atom is -0.344 e. The van der Waals surface area contributed by atoms with Crippen LogP contribution < -0.4 is 15.5 Å². The van der Waals surface area contributed by atoms with Crippen LogP contribution in [0.3, 0.4) is 0 Å². The van der Waals surface area contributed by atoms with Gasteiger partial charge in [0.15, 0.2) is 0 Å². The predicted octanol–water partition coefficient (Wildman–Crippen LogP) is 3.91. The summed E-state index contributed by atoms with van der Waals surface area (Å²) in [5, 5.41) is 6.07. The van der Waals surface area contributed by atoms with Crippen molar-refractivity contribution in [2.45, 2.75) is 25.3 Å². The number of rotatable bonds is 3. The molecule has 4 rings (SSSR count). The van der Waals surface area contributed by atoms with Crippen LogP contribution in [0.15, 0.2) is 48.7 Å². The molecule has 1 saturated heterocycles. The molecule has 2 heterocycles. The normalized spacial score (nSPS) is 20.9. The highest BCUT2D eigenvalue weighted by Gasteiger charge is 2.29. The third-order valence-electron chi connectivity index (χ3n) is 5.09. The molecule has 1 atom stereocenters. The first-order valence-corrected chi connectivity index (χ1v) is 9.20. The van der Waals surface area contributed by atoms with E-state index in [1.54, 1.807) is 24.4 Å². The van der Waals surface area contributed by atoms with Gasteiger partial charge in [-0.15, -0.1) is 0 Å². The maximum Gasteiger partial charge on any atom is 0.257 e. The molecule has 2 aliphatic rings. The largest absolute Gasteiger partial charge is 0.344 e. The number of anilines is 2. The third-order valence-corrected chi connectivity index (χ3v) is 5.09. The summed E-state index contributed by atoms with van der Waals surface area (Å²) >= 11 is 0. The van der Waals surface area contributed by atoms with E-state index in [9.17, 15) is 13.6 Å². The summed E-state index contributed by atoms with van der Waals surface area (Å²) in [6.07, 6.45) is 4.41. The van der Waals surface area contributed by atoms with Crippen LogP contribution in [-0.4, -0.2) is 25.0 Å². The molecule has 0 spiro atoms. The van der Waals surface area contributed by atoms with Crippen molar-refractivity contribution < 1.29 is 13.6 Å². The van der Waals surface area contributed by atoms with Crippen molar-refractivity contribution >= 4 is 22.9 Å². The maximum absolute atomic E-state index is 14.4. The fourth-order valence-electron chi connectivity index (χ4n) is 3.77. The number of fused-ring (bicyclic) bond motifs is 1. The third kappa shape index (κ3) is 3.57. The Labute approximate surface area is 156 Å². The van der Waals surface area contributed by atoms with Gasteiger partial charge in [0.2, 0.25) is 0 Å². The molecule has 1 amide bonds. The Kier molecular flexibility index (Phi) is 4.90. The zero-order valence-corrected chi connectivity index (χ0v) is 14.8. The number of nitrogens with zero attached hydrogens (tertiary/aromatic N) is 1. The van der Waals surface area contributed by atoms with Crippen molar-refractivity contribution in [2.75, 3.05) is 23.3 Å². The molecule has 0 aliphatic carbocycles. The van der Waals surface area contributed by atoms with E-state index in [1.807, 2.05) is 11.0 Å². The van der Waals surface area contributed by atoms with Crippen LogP contribution in [0, 0.1) is 11.6 Å². The van der Waals surface area contributed by atoms with Crippen LogP contribution in [0.4, 0.5) is 20.2 Å². The van der Waals surface area contributed by atoms with Crippen molar-refractivity contribution in [1.29, 1.82) is 0 Å². The molecule has 0 bridgehead atoms. The van der Waals surface area contributed by atoms with Gasteiger partial charge in [0, 0.05) is 23.5 Å². The molecule has 0 radical (unpaired) electrons. The lowest BCUT2D eigenvalue weighted by Gasteiger charge is -2.30. The number of hydrogen-bond donors (Lipinski definition) is 2. The molecule has 2 aromatic rings. The topological polar surface area (TPSA) is 44.4 Å². The number of hydrogen-bond acceptors (Lipinski definition) is 3. The summed E-state index contributed by atoms with van der Waals surface area (Å²) < 4.78 is 28.3. The number of halogens is 2. The molecule has 1 fully saturated rings. The molecule has 0 aromatic heterocycles. The first-order chi connectivity index (χ1) is 13.1. The zero-order chi connectivity index (χ0) is 18.8. The summed E-state index contributed by atoms with van der Waals surface area (Å²) in [7, 11) is 0. The number of carbonyl (C=O) groups is 1. The van der Waals surface area contributed by atoms with Gasteiger partial charge in [0.25, 0.3) is 5.91 Å². The van der Waals surface area contributed by atoms with Crippen LogP contribution in [-0.2, 0) is 4.79 Å². The molecule has 0 saturated carbocycles. The highest BCUT2D eigenvalue weighted by molar-refractivity contribution is 6.31. The van der Waals surface area contributed by atoms with Crippen LogP contribution in [0.2, 0.25) is 0 Å². The Morgan fingerprint density at radius 1 is 1.07 bits per heavy atom. The second-order valence-corrected chi connectivity index (χ2v) is 6.88. The van der Waals surface area contributed by atoms with Crippen LogP contribution in [0.5, 0.6) is 0 Å². The lowest BCUT2D eigenvalue weighted by molar-refractivity contribution is -0.110. The Balaban J connectivity index is 1.80. The highest BCUT2D eigenvalue weighted by Crippen LogP contribution is 2.35. The van der Waals surface area contributed by atoms with Crippen molar-refractivity contribution in [1.82, 2.24) is 5.32 Å². The molecule has 6 heteroatoms. The van der Waals surface area contributed by atoms with E-state index in [4.69, 9.17) is 0 Å². The SMILES string of the molecule is O=C1Nc2cccc(F)c2/C1=C/N(c1cccc(F)c1)C1CCCNCC1. The average Bonchev–Trinajstić information content (AvgIpc) is 2.82. The first-order valence-electron chi connectivity index (χ1n) is 9.20. The molecule has 4 nitrogen and oxygen atoms in total. The van der Waals surface area contributed by atoms with Gasteiger partial charge >= 0.3 is 0 Å². The van der Waals surface area contributed by atoms with Crippen molar-refractivity contribution in [3.8, 4) is 0 Å². The second-order valence-electron chi connectivity index (χ2n) is 6.88. The first kappa shape index (κ1) is 17.7. The quantitative estimate of drug-likeness (QED) is 0.807. The van der Waals surface area contributed by atoms with Crippen molar-refractivity contribution in [2.24, 2.45) is 0 Å². The summed E-state index contributed by atoms with van der Waals surface area (Å²) in [6, 6.07) is 11.0. The summed E-state index contributed by atoms with van der Waals surface area (Å²) in [4.78, 5) is 14.4. The Bertz CT molecular complexity index is 889. The highest BCUT2D eigenvalue weighted by atomic mass is 19.1. The van der Waals surface area contributed by atoms with Crippen LogP contribution in [0.1, 0.15) is 24.8 Å². The van der Waals surface area contributed by atoms with Crippen LogP contribution in [0.25, 0.3) is 5.57 Å². The maximum atomic E-state index is 14.4. The molecule has 27 heavy (non-hydrogen) atoms. The van der Waals surface area contributed by atoms with Gasteiger partial charge < -0.3 is 15.5 Å². The standard InChI is InChI=1S/C21H21F2N3O/c22-14-4-1-5-16(12-14)26(15-6-3-10-24-11-9-15)13-17-20-18(23)7-2-8-19(20)25-21(17)27/h1-2,4-5,7-8,12-13,15,24H,3,6,9-11H2,(H,25,27)/b17-13-. The zero-order valence-electron chi connectivity index (χ0n) is 14.8. The lowest BCUT2D eigenvalue weighted by atomic mass is 10.0. The number of benzene rings is 2. The van der Waals surface area contributed by atoms with E-state index in [2.05, 4.69) is 10.6 Å². The summed E-state index contributed by atoms with van der Waals surface area (Å²) in [5.41, 5.74) is 1.67. The Morgan fingerprint density at radius 3 is 2.78 bits per heavy atom. The van der Waals surface area contributed by atoms with E-state index in [0.717, 1.165) is 32.4 Å². The van der Waals surface area contributed by atoms with E-state index in [-0.39, 0.29) is 28.9 Å². The van der Waals surface area contributed by atoms with Crippen molar-refractivity contribution in [3.05, 3.63) is 65.9 Å². The van der Waals surface area contributed by atoms with E-state index in [0.29, 0.717) is 11.4 Å². The van der Waals surface area contributed by atoms with Gasteiger partial charge in [-0.25, -0.2) is 8.78 Å². The molecule has 2 N–H and O–H groups in total. The summed E-state index contributed by atoms with van der Waals surface area (Å²) in [6.45, 7) is 1.78. The van der Waals surface area contributed by atoms with Gasteiger partial charge in [-0.1, -0.05) is 12.1 Å². The Hall–Kier alpha value is -2.73. The minimum atomic E-state index is -0.446. The molecular weight excluding hydrogens is 348 g/mol. The molecular formula is C21H21F2N3O. The number of carbonyl (C=O) groups excluding carboxylic acids is 1. The monoisotopic (exact) mass is 369 g/mol. The van der Waals surface area contributed by atoms with E-state index in [1.165, 1.54) is 18.2 Å². The van der Waals surface area contributed by atoms with E-state index >= 15 is 0 Å². The van der Waals surface area contributed by atoms with Gasteiger partial charge in [-0.05, 0) is 62.7 Å². The van der Waals surface area contributed by atoms with Crippen LogP contribution >= 0.6 is 0 Å². The number of amides is 1. The van der Waals surface area contributed by atoms with Gasteiger partial charge in [-0.3, -0.25) is 4.79 Å². The second kappa shape index (κ2) is 7.48. The fraction of sp³-hybridized carbons (Fsp3) is 0.286. The van der Waals surface area contributed by atoms with Gasteiger partial charge in [0.1, 0.15) is 11.6 Å². The molecule has 140 valence electrons. The fourth-order valence-corrected chi connectivity index (χ4v) is 3.77. The average molecular weight is 369 g/mol. The Morgan fingerprint density at radius 2 is 1.93 bits per heavy atom. The minimum absolute atomic E-state index is 0.0953. The summed E-state index contributed by atoms with van der Waals surface area (Å²) in [5.74, 6) is -1.13. The smallest absolute Gasteiger partial charge is 0.257 e. The molecule has 1 unspecified atom stereocenters. The number of nitrogens with one attached hydrogen (secondary N) is 2.